The summed E-state index contributed by atoms with van der Waals surface area (Å²) in [5.74, 6) is 1.17. The number of aromatic amines is 2. The first-order valence-electron chi connectivity index (χ1n) is 19.2. The van der Waals surface area contributed by atoms with Gasteiger partial charge in [0.25, 0.3) is 5.91 Å². The molecule has 4 atom stereocenters. The third kappa shape index (κ3) is 7.20. The maximum Gasteiger partial charge on any atom is 0.407 e. The molecule has 0 aliphatic carbocycles. The van der Waals surface area contributed by atoms with Gasteiger partial charge in [0.15, 0.2) is 0 Å². The van der Waals surface area contributed by atoms with Crippen LogP contribution in [0.3, 0.4) is 0 Å². The smallest absolute Gasteiger partial charge is 0.407 e. The summed E-state index contributed by atoms with van der Waals surface area (Å²) in [5.41, 5.74) is 7.55. The Morgan fingerprint density at radius 2 is 1.07 bits per heavy atom. The van der Waals surface area contributed by atoms with E-state index in [1.54, 1.807) is 23.2 Å². The van der Waals surface area contributed by atoms with Crippen LogP contribution in [0.15, 0.2) is 122 Å². The molecule has 0 bridgehead atoms. The second-order valence-corrected chi connectivity index (χ2v) is 14.7. The van der Waals surface area contributed by atoms with Crippen LogP contribution in [0.5, 0.6) is 0 Å². The molecule has 2 fully saturated rings. The zero-order valence-corrected chi connectivity index (χ0v) is 31.5. The second-order valence-electron chi connectivity index (χ2n) is 14.7. The van der Waals surface area contributed by atoms with E-state index in [0.717, 1.165) is 82.2 Å². The van der Waals surface area contributed by atoms with Crippen LogP contribution < -0.4 is 0 Å². The first-order chi connectivity index (χ1) is 27.3. The summed E-state index contributed by atoms with van der Waals surface area (Å²) >= 11 is 0. The van der Waals surface area contributed by atoms with Gasteiger partial charge < -0.3 is 24.9 Å². The summed E-state index contributed by atoms with van der Waals surface area (Å²) in [7, 11) is 1.43. The third-order valence-corrected chi connectivity index (χ3v) is 11.3. The maximum absolute atomic E-state index is 13.9. The Morgan fingerprint density at radius 3 is 1.54 bits per heavy atom. The number of H-pyrrole nitrogens is 2. The number of carbonyl (C=O) groups is 3. The normalized spacial score (nSPS) is 17.8. The van der Waals surface area contributed by atoms with E-state index in [-0.39, 0.29) is 29.8 Å². The highest BCUT2D eigenvalue weighted by molar-refractivity contribution is 5.87. The number of carboxylic acid groups (broad SMARTS) is 1. The highest BCUT2D eigenvalue weighted by atomic mass is 16.4. The SMILES string of the molecule is C[C@@H](C(=O)N1CCC[C@H]1c1ncc(-c2ccc(-c3ccc(-c4cnc([C@@H]5CCCN5C(=O)[C@@H](c5ccccc5)N(C)C(=O)O)[nH]4)cc3)cc2)[nH]1)c1ccccc1. The number of likely N-dealkylation sites (N-methyl/N-ethyl adjacent to an activating group) is 1. The molecule has 284 valence electrons. The van der Waals surface area contributed by atoms with E-state index < -0.39 is 12.1 Å². The molecule has 4 heterocycles. The fourth-order valence-electron chi connectivity index (χ4n) is 8.19. The lowest BCUT2D eigenvalue weighted by atomic mass is 9.99. The number of imidazole rings is 2. The van der Waals surface area contributed by atoms with Crippen molar-refractivity contribution in [2.75, 3.05) is 20.1 Å². The van der Waals surface area contributed by atoms with Crippen molar-refractivity contribution in [2.24, 2.45) is 0 Å². The van der Waals surface area contributed by atoms with E-state index in [9.17, 15) is 19.5 Å². The predicted octanol–water partition coefficient (Wildman–Crippen LogP) is 8.62. The van der Waals surface area contributed by atoms with Gasteiger partial charge in [-0.2, -0.15) is 0 Å². The first kappa shape index (κ1) is 36.5. The molecule has 0 radical (unpaired) electrons. The number of aromatic nitrogens is 4. The Kier molecular flexibility index (Phi) is 10.2. The van der Waals surface area contributed by atoms with E-state index in [1.807, 2.05) is 66.6 Å². The number of hydrogen-bond acceptors (Lipinski definition) is 5. The Bertz CT molecular complexity index is 2300. The summed E-state index contributed by atoms with van der Waals surface area (Å²) in [6, 6.07) is 34.3. The van der Waals surface area contributed by atoms with Gasteiger partial charge in [0.1, 0.15) is 17.7 Å². The summed E-state index contributed by atoms with van der Waals surface area (Å²) in [5, 5.41) is 9.79. The van der Waals surface area contributed by atoms with E-state index in [1.165, 1.54) is 7.05 Å². The van der Waals surface area contributed by atoms with E-state index in [4.69, 9.17) is 9.97 Å². The Hall–Kier alpha value is -6.49. The second kappa shape index (κ2) is 15.7. The van der Waals surface area contributed by atoms with E-state index in [2.05, 4.69) is 58.5 Å². The van der Waals surface area contributed by atoms with Gasteiger partial charge in [-0.15, -0.1) is 0 Å². The fourth-order valence-corrected chi connectivity index (χ4v) is 8.19. The van der Waals surface area contributed by atoms with Crippen LogP contribution in [-0.2, 0) is 9.59 Å². The molecular weight excluding hydrogens is 703 g/mol. The summed E-state index contributed by atoms with van der Waals surface area (Å²) < 4.78 is 0. The van der Waals surface area contributed by atoms with Crippen molar-refractivity contribution in [3.8, 4) is 33.6 Å². The summed E-state index contributed by atoms with van der Waals surface area (Å²) in [6.07, 6.45) is 5.86. The zero-order chi connectivity index (χ0) is 38.8. The monoisotopic (exact) mass is 747 g/mol. The molecule has 56 heavy (non-hydrogen) atoms. The molecule has 11 heteroatoms. The molecule has 0 saturated carbocycles. The van der Waals surface area contributed by atoms with Crippen LogP contribution in [0.2, 0.25) is 0 Å². The number of rotatable bonds is 10. The van der Waals surface area contributed by atoms with Crippen molar-refractivity contribution in [1.82, 2.24) is 34.6 Å². The van der Waals surface area contributed by atoms with Gasteiger partial charge in [-0.05, 0) is 66.0 Å². The molecule has 2 aromatic heterocycles. The van der Waals surface area contributed by atoms with Gasteiger partial charge >= 0.3 is 6.09 Å². The molecule has 2 aliphatic rings. The average Bonchev–Trinajstić information content (AvgIpc) is 4.08. The van der Waals surface area contributed by atoms with Crippen molar-refractivity contribution >= 4 is 17.9 Å². The highest BCUT2D eigenvalue weighted by Crippen LogP contribution is 2.37. The largest absolute Gasteiger partial charge is 0.465 e. The minimum absolute atomic E-state index is 0.0661. The van der Waals surface area contributed by atoms with Gasteiger partial charge in [0.2, 0.25) is 5.91 Å². The van der Waals surface area contributed by atoms with Crippen LogP contribution in [-0.4, -0.2) is 77.8 Å². The molecule has 8 rings (SSSR count). The van der Waals surface area contributed by atoms with Crippen molar-refractivity contribution in [3.05, 3.63) is 144 Å². The molecule has 2 aliphatic heterocycles. The van der Waals surface area contributed by atoms with Crippen LogP contribution in [0.25, 0.3) is 33.6 Å². The summed E-state index contributed by atoms with van der Waals surface area (Å²) in [4.78, 5) is 60.6. The molecular formula is C45H45N7O4. The highest BCUT2D eigenvalue weighted by Gasteiger charge is 2.39. The maximum atomic E-state index is 13.9. The number of likely N-dealkylation sites (tertiary alicyclic amines) is 2. The van der Waals surface area contributed by atoms with Gasteiger partial charge in [-0.1, -0.05) is 109 Å². The Labute approximate surface area is 326 Å². The van der Waals surface area contributed by atoms with Crippen LogP contribution >= 0.6 is 0 Å². The minimum atomic E-state index is -1.16. The number of amides is 3. The lowest BCUT2D eigenvalue weighted by Crippen LogP contribution is -2.43. The van der Waals surface area contributed by atoms with Crippen molar-refractivity contribution in [2.45, 2.75) is 56.7 Å². The number of nitrogens with one attached hydrogen (secondary N) is 2. The molecule has 3 N–H and O–H groups in total. The van der Waals surface area contributed by atoms with Crippen LogP contribution in [0.4, 0.5) is 4.79 Å². The van der Waals surface area contributed by atoms with Crippen molar-refractivity contribution in [3.63, 3.8) is 0 Å². The first-order valence-corrected chi connectivity index (χ1v) is 19.2. The standard InChI is InChI=1S/C45H45N7O4/c1-29(30-11-5-3-6-12-30)43(53)51-25-9-15-38(51)41-46-27-36(48-41)33-21-17-31(18-22-33)32-19-23-34(24-20-32)37-28-47-42(49-37)39-16-10-26-52(39)44(54)40(50(2)45(55)56)35-13-7-4-8-14-35/h3-8,11-14,17-24,27-29,38-40H,9-10,15-16,25-26H2,1-2H3,(H,46,48)(H,47,49)(H,55,56)/t29-,38+,39+,40-/m1/s1. The molecule has 11 nitrogen and oxygen atoms in total. The van der Waals surface area contributed by atoms with E-state index >= 15 is 0 Å². The van der Waals surface area contributed by atoms with Gasteiger partial charge in [0.05, 0.1) is 41.8 Å². The number of benzene rings is 4. The zero-order valence-electron chi connectivity index (χ0n) is 31.5. The van der Waals surface area contributed by atoms with Gasteiger partial charge in [-0.25, -0.2) is 14.8 Å². The molecule has 0 unspecified atom stereocenters. The third-order valence-electron chi connectivity index (χ3n) is 11.3. The molecule has 3 amide bonds. The van der Waals surface area contributed by atoms with Crippen molar-refractivity contribution in [1.29, 1.82) is 0 Å². The predicted molar refractivity (Wildman–Crippen MR) is 214 cm³/mol. The number of hydrogen-bond donors (Lipinski definition) is 3. The summed E-state index contributed by atoms with van der Waals surface area (Å²) in [6.45, 7) is 3.24. The topological polar surface area (TPSA) is 139 Å². The quantitative estimate of drug-likeness (QED) is 0.128. The molecule has 2 saturated heterocycles. The Morgan fingerprint density at radius 1 is 0.643 bits per heavy atom. The minimum Gasteiger partial charge on any atom is -0.465 e. The Balaban J connectivity index is 0.930. The average molecular weight is 748 g/mol. The fraction of sp³-hybridized carbons (Fsp3) is 0.267. The lowest BCUT2D eigenvalue weighted by Gasteiger charge is -2.32. The van der Waals surface area contributed by atoms with Crippen LogP contribution in [0.1, 0.15) is 79.4 Å². The van der Waals surface area contributed by atoms with Gasteiger partial charge in [0, 0.05) is 20.1 Å². The van der Waals surface area contributed by atoms with Crippen molar-refractivity contribution < 1.29 is 19.5 Å². The molecule has 6 aromatic rings. The number of carbonyl (C=O) groups excluding carboxylic acids is 2. The van der Waals surface area contributed by atoms with E-state index in [0.29, 0.717) is 17.9 Å². The van der Waals surface area contributed by atoms with Crippen LogP contribution in [0, 0.1) is 0 Å². The number of nitrogens with zero attached hydrogens (tertiary/aromatic N) is 5. The molecule has 0 spiro atoms. The molecule has 4 aromatic carbocycles. The lowest BCUT2D eigenvalue weighted by molar-refractivity contribution is -0.137. The van der Waals surface area contributed by atoms with Gasteiger partial charge in [-0.3, -0.25) is 14.5 Å².